The molecule has 1 aliphatic heterocycles. The normalized spacial score (nSPS) is 13.5. The molecule has 10 heteroatoms. The van der Waals surface area contributed by atoms with Crippen LogP contribution in [0, 0.1) is 6.92 Å². The number of benzene rings is 2. The number of amides is 2. The maximum atomic E-state index is 13.4. The molecule has 0 radical (unpaired) electrons. The number of rotatable bonds is 12. The highest BCUT2D eigenvalue weighted by atomic mass is 32.2. The summed E-state index contributed by atoms with van der Waals surface area (Å²) in [4.78, 5) is 27.6. The molecule has 1 N–H and O–H groups in total. The van der Waals surface area contributed by atoms with Gasteiger partial charge in [0.1, 0.15) is 19.3 Å². The van der Waals surface area contributed by atoms with E-state index in [1.165, 1.54) is 4.31 Å². The quantitative estimate of drug-likeness (QED) is 0.451. The van der Waals surface area contributed by atoms with Crippen molar-refractivity contribution in [3.05, 3.63) is 53.6 Å². The first-order chi connectivity index (χ1) is 17.6. The summed E-state index contributed by atoms with van der Waals surface area (Å²) >= 11 is 0. The highest BCUT2D eigenvalue weighted by molar-refractivity contribution is 7.92. The fourth-order valence-corrected chi connectivity index (χ4v) is 5.13. The maximum Gasteiger partial charge on any atom is 0.242 e. The van der Waals surface area contributed by atoms with Gasteiger partial charge in [0.2, 0.25) is 21.8 Å². The number of aryl methyl sites for hydroxylation is 1. The molecular weight excluding hydrogens is 494 g/mol. The second kappa shape index (κ2) is 12.8. The lowest BCUT2D eigenvalue weighted by molar-refractivity contribution is -0.140. The van der Waals surface area contributed by atoms with Crippen molar-refractivity contribution < 1.29 is 27.5 Å². The van der Waals surface area contributed by atoms with Gasteiger partial charge >= 0.3 is 0 Å². The van der Waals surface area contributed by atoms with Crippen LogP contribution in [0.1, 0.15) is 44.2 Å². The monoisotopic (exact) mass is 531 g/mol. The SMILES string of the molecule is CCCNC(=O)[C@H](C)N(Cc1cccc(C)c1)C(=O)CCCN(c1ccc2c(c1)OCCO2)S(C)(=O)=O. The third-order valence-corrected chi connectivity index (χ3v) is 7.31. The highest BCUT2D eigenvalue weighted by Crippen LogP contribution is 2.34. The second-order valence-corrected chi connectivity index (χ2v) is 11.2. The zero-order valence-corrected chi connectivity index (χ0v) is 22.8. The number of fused-ring (bicyclic) bond motifs is 1. The van der Waals surface area contributed by atoms with Crippen molar-refractivity contribution in [1.82, 2.24) is 10.2 Å². The molecule has 1 heterocycles. The first kappa shape index (κ1) is 28.3. The molecule has 0 aromatic heterocycles. The van der Waals surface area contributed by atoms with Gasteiger partial charge in [-0.25, -0.2) is 8.42 Å². The van der Waals surface area contributed by atoms with Crippen LogP contribution in [-0.4, -0.2) is 63.7 Å². The van der Waals surface area contributed by atoms with Gasteiger partial charge in [-0.05, 0) is 44.4 Å². The summed E-state index contributed by atoms with van der Waals surface area (Å²) in [5, 5.41) is 2.86. The van der Waals surface area contributed by atoms with Gasteiger partial charge in [0.15, 0.2) is 11.5 Å². The molecule has 0 unspecified atom stereocenters. The van der Waals surface area contributed by atoms with Crippen LogP contribution in [0.3, 0.4) is 0 Å². The average molecular weight is 532 g/mol. The van der Waals surface area contributed by atoms with Crippen LogP contribution in [0.15, 0.2) is 42.5 Å². The first-order valence-corrected chi connectivity index (χ1v) is 14.4. The number of hydrogen-bond donors (Lipinski definition) is 1. The van der Waals surface area contributed by atoms with E-state index >= 15 is 0 Å². The lowest BCUT2D eigenvalue weighted by Crippen LogP contribution is -2.47. The number of hydrogen-bond acceptors (Lipinski definition) is 6. The average Bonchev–Trinajstić information content (AvgIpc) is 2.86. The molecule has 0 spiro atoms. The number of nitrogens with one attached hydrogen (secondary N) is 1. The molecule has 2 amide bonds. The molecule has 1 aliphatic rings. The van der Waals surface area contributed by atoms with Crippen LogP contribution in [-0.2, 0) is 26.2 Å². The molecule has 1 atom stereocenters. The Kier molecular flexibility index (Phi) is 9.79. The number of carbonyl (C=O) groups is 2. The van der Waals surface area contributed by atoms with Crippen LogP contribution in [0.4, 0.5) is 5.69 Å². The van der Waals surface area contributed by atoms with Crippen LogP contribution in [0.5, 0.6) is 11.5 Å². The van der Waals surface area contributed by atoms with E-state index < -0.39 is 16.1 Å². The molecular formula is C27H37N3O6S. The molecule has 2 aromatic rings. The summed E-state index contributed by atoms with van der Waals surface area (Å²) in [6.07, 6.45) is 2.31. The van der Waals surface area contributed by atoms with Gasteiger partial charge in [-0.1, -0.05) is 36.8 Å². The van der Waals surface area contributed by atoms with Crippen LogP contribution < -0.4 is 19.1 Å². The standard InChI is InChI=1S/C27H37N3O6S/c1-5-13-28-27(32)21(3)29(19-22-9-6-8-20(2)17-22)26(31)10-7-14-30(37(4,33)34)23-11-12-24-25(18-23)36-16-15-35-24/h6,8-9,11-12,17-18,21H,5,7,10,13-16,19H2,1-4H3,(H,28,32)/t21-/m0/s1. The van der Waals surface area contributed by atoms with Gasteiger partial charge in [0, 0.05) is 32.1 Å². The number of sulfonamides is 1. The van der Waals surface area contributed by atoms with Crippen molar-refractivity contribution in [2.75, 3.05) is 36.9 Å². The second-order valence-electron chi connectivity index (χ2n) is 9.24. The van der Waals surface area contributed by atoms with Crippen molar-refractivity contribution in [3.63, 3.8) is 0 Å². The number of carbonyl (C=O) groups excluding carboxylic acids is 2. The van der Waals surface area contributed by atoms with Crippen molar-refractivity contribution >= 4 is 27.5 Å². The minimum absolute atomic E-state index is 0.0911. The molecule has 202 valence electrons. The Morgan fingerprint density at radius 1 is 1.08 bits per heavy atom. The zero-order valence-electron chi connectivity index (χ0n) is 22.0. The van der Waals surface area contributed by atoms with Crippen LogP contribution in [0.2, 0.25) is 0 Å². The molecule has 37 heavy (non-hydrogen) atoms. The summed E-state index contributed by atoms with van der Waals surface area (Å²) in [5.41, 5.74) is 2.44. The Morgan fingerprint density at radius 2 is 1.81 bits per heavy atom. The summed E-state index contributed by atoms with van der Waals surface area (Å²) in [5.74, 6) is 0.638. The van der Waals surface area contributed by atoms with Gasteiger partial charge in [-0.3, -0.25) is 13.9 Å². The van der Waals surface area contributed by atoms with Gasteiger partial charge in [0.25, 0.3) is 0 Å². The highest BCUT2D eigenvalue weighted by Gasteiger charge is 2.27. The summed E-state index contributed by atoms with van der Waals surface area (Å²) < 4.78 is 37.6. The zero-order chi connectivity index (χ0) is 27.0. The minimum atomic E-state index is -3.61. The Hall–Kier alpha value is -3.27. The largest absolute Gasteiger partial charge is 0.486 e. The van der Waals surface area contributed by atoms with Gasteiger partial charge in [-0.2, -0.15) is 0 Å². The summed E-state index contributed by atoms with van der Waals surface area (Å²) in [6.45, 7) is 7.44. The van der Waals surface area contributed by atoms with Crippen molar-refractivity contribution in [2.24, 2.45) is 0 Å². The van der Waals surface area contributed by atoms with E-state index in [2.05, 4.69) is 5.32 Å². The molecule has 0 aliphatic carbocycles. The lowest BCUT2D eigenvalue weighted by Gasteiger charge is -2.29. The van der Waals surface area contributed by atoms with E-state index in [9.17, 15) is 18.0 Å². The van der Waals surface area contributed by atoms with E-state index in [4.69, 9.17) is 9.47 Å². The molecule has 0 saturated carbocycles. The van der Waals surface area contributed by atoms with E-state index in [1.54, 1.807) is 30.0 Å². The van der Waals surface area contributed by atoms with Crippen LogP contribution in [0.25, 0.3) is 0 Å². The first-order valence-electron chi connectivity index (χ1n) is 12.6. The Labute approximate surface area is 219 Å². The summed E-state index contributed by atoms with van der Waals surface area (Å²) in [7, 11) is -3.61. The lowest BCUT2D eigenvalue weighted by atomic mass is 10.1. The van der Waals surface area contributed by atoms with Crippen molar-refractivity contribution in [1.29, 1.82) is 0 Å². The van der Waals surface area contributed by atoms with E-state index in [-0.39, 0.29) is 31.2 Å². The van der Waals surface area contributed by atoms with Crippen molar-refractivity contribution in [2.45, 2.75) is 52.6 Å². The topological polar surface area (TPSA) is 105 Å². The number of nitrogens with zero attached hydrogens (tertiary/aromatic N) is 2. The third kappa shape index (κ3) is 7.85. The van der Waals surface area contributed by atoms with Gasteiger partial charge in [0.05, 0.1) is 11.9 Å². The predicted octanol–water partition coefficient (Wildman–Crippen LogP) is 3.26. The van der Waals surface area contributed by atoms with Crippen LogP contribution >= 0.6 is 0 Å². The minimum Gasteiger partial charge on any atom is -0.486 e. The molecule has 0 bridgehead atoms. The Balaban J connectivity index is 1.73. The van der Waals surface area contributed by atoms with E-state index in [1.807, 2.05) is 38.1 Å². The fraction of sp³-hybridized carbons (Fsp3) is 0.481. The maximum absolute atomic E-state index is 13.4. The Morgan fingerprint density at radius 3 is 2.49 bits per heavy atom. The molecule has 2 aromatic carbocycles. The molecule has 0 fully saturated rings. The molecule has 3 rings (SSSR count). The van der Waals surface area contributed by atoms with Crippen molar-refractivity contribution in [3.8, 4) is 11.5 Å². The number of ether oxygens (including phenoxy) is 2. The molecule has 0 saturated heterocycles. The Bertz CT molecular complexity index is 1200. The smallest absolute Gasteiger partial charge is 0.242 e. The fourth-order valence-electron chi connectivity index (χ4n) is 4.18. The van der Waals surface area contributed by atoms with Gasteiger partial charge < -0.3 is 19.7 Å². The third-order valence-electron chi connectivity index (χ3n) is 6.12. The van der Waals surface area contributed by atoms with Gasteiger partial charge in [-0.15, -0.1) is 0 Å². The number of anilines is 1. The van der Waals surface area contributed by atoms with E-state index in [0.717, 1.165) is 23.8 Å². The summed E-state index contributed by atoms with van der Waals surface area (Å²) in [6, 6.07) is 12.1. The predicted molar refractivity (Wildman–Crippen MR) is 143 cm³/mol. The van der Waals surface area contributed by atoms with E-state index in [0.29, 0.717) is 43.5 Å². The molecule has 9 nitrogen and oxygen atoms in total.